The third-order valence-electron chi connectivity index (χ3n) is 5.21. The zero-order valence-corrected chi connectivity index (χ0v) is 17.1. The van der Waals surface area contributed by atoms with Crippen molar-refractivity contribution in [2.45, 2.75) is 65.6 Å². The first kappa shape index (κ1) is 20.2. The second-order valence-electron chi connectivity index (χ2n) is 7.71. The van der Waals surface area contributed by atoms with Crippen molar-refractivity contribution in [2.75, 3.05) is 6.54 Å². The van der Waals surface area contributed by atoms with Crippen LogP contribution in [0.3, 0.4) is 0 Å². The molecular formula is C22H31N3O3. The van der Waals surface area contributed by atoms with Crippen LogP contribution in [0.5, 0.6) is 0 Å². The van der Waals surface area contributed by atoms with Crippen LogP contribution in [0.15, 0.2) is 34.9 Å². The fourth-order valence-corrected chi connectivity index (χ4v) is 3.22. The molecule has 0 aromatic carbocycles. The van der Waals surface area contributed by atoms with Gasteiger partial charge in [-0.3, -0.25) is 9.59 Å². The molecule has 6 nitrogen and oxygen atoms in total. The van der Waals surface area contributed by atoms with Gasteiger partial charge in [0.05, 0.1) is 13.1 Å². The number of rotatable bonds is 10. The molecule has 152 valence electrons. The molecule has 1 unspecified atom stereocenters. The highest BCUT2D eigenvalue weighted by atomic mass is 16.4. The first-order valence-electron chi connectivity index (χ1n) is 10.3. The number of amides is 2. The van der Waals surface area contributed by atoms with Crippen LogP contribution in [0.4, 0.5) is 0 Å². The molecule has 6 heteroatoms. The fraction of sp³-hybridized carbons (Fsp3) is 0.545. The van der Waals surface area contributed by atoms with Crippen molar-refractivity contribution in [3.05, 3.63) is 47.7 Å². The molecule has 1 atom stereocenters. The maximum atomic E-state index is 12.5. The largest absolute Gasteiger partial charge is 0.454 e. The Labute approximate surface area is 166 Å². The van der Waals surface area contributed by atoms with E-state index in [9.17, 15) is 9.59 Å². The summed E-state index contributed by atoms with van der Waals surface area (Å²) < 4.78 is 7.84. The lowest BCUT2D eigenvalue weighted by Gasteiger charge is -2.23. The summed E-state index contributed by atoms with van der Waals surface area (Å²) in [6, 6.07) is 7.71. The van der Waals surface area contributed by atoms with Crippen molar-refractivity contribution in [3.63, 3.8) is 0 Å². The van der Waals surface area contributed by atoms with Crippen LogP contribution < -0.4 is 5.32 Å². The Balaban J connectivity index is 1.65. The van der Waals surface area contributed by atoms with Crippen molar-refractivity contribution >= 4 is 11.8 Å². The molecule has 1 saturated carbocycles. The molecule has 2 amide bonds. The van der Waals surface area contributed by atoms with Crippen molar-refractivity contribution in [1.82, 2.24) is 14.8 Å². The van der Waals surface area contributed by atoms with E-state index in [1.54, 1.807) is 6.07 Å². The number of furan rings is 1. The van der Waals surface area contributed by atoms with Crippen molar-refractivity contribution in [1.29, 1.82) is 0 Å². The molecule has 0 aliphatic heterocycles. The first-order chi connectivity index (χ1) is 13.5. The third-order valence-corrected chi connectivity index (χ3v) is 5.21. The third kappa shape index (κ3) is 5.06. The lowest BCUT2D eigenvalue weighted by molar-refractivity contribution is -0.133. The molecular weight excluding hydrogens is 354 g/mol. The monoisotopic (exact) mass is 385 g/mol. The maximum absolute atomic E-state index is 12.5. The van der Waals surface area contributed by atoms with Crippen LogP contribution in [0.25, 0.3) is 0 Å². The molecule has 0 saturated heterocycles. The average molecular weight is 386 g/mol. The highest BCUT2D eigenvalue weighted by Crippen LogP contribution is 2.31. The first-order valence-corrected chi connectivity index (χ1v) is 10.3. The van der Waals surface area contributed by atoms with E-state index in [1.165, 1.54) is 0 Å². The summed E-state index contributed by atoms with van der Waals surface area (Å²) in [5.74, 6) is 1.38. The van der Waals surface area contributed by atoms with Gasteiger partial charge in [-0.15, -0.1) is 0 Å². The van der Waals surface area contributed by atoms with E-state index in [2.05, 4.69) is 16.8 Å². The second-order valence-corrected chi connectivity index (χ2v) is 7.71. The summed E-state index contributed by atoms with van der Waals surface area (Å²) in [7, 11) is 0. The number of carbonyl (C=O) groups excluding carboxylic acids is 2. The highest BCUT2D eigenvalue weighted by molar-refractivity contribution is 5.91. The minimum atomic E-state index is -0.183. The Morgan fingerprint density at radius 3 is 2.75 bits per heavy atom. The van der Waals surface area contributed by atoms with Crippen molar-refractivity contribution in [2.24, 2.45) is 5.92 Å². The number of hydrogen-bond acceptors (Lipinski definition) is 3. The van der Waals surface area contributed by atoms with E-state index in [0.29, 0.717) is 18.8 Å². The maximum Gasteiger partial charge on any atom is 0.287 e. The van der Waals surface area contributed by atoms with E-state index >= 15 is 0 Å². The molecule has 2 aromatic rings. The summed E-state index contributed by atoms with van der Waals surface area (Å²) in [5, 5.41) is 2.91. The van der Waals surface area contributed by atoms with Gasteiger partial charge in [-0.05, 0) is 56.9 Å². The summed E-state index contributed by atoms with van der Waals surface area (Å²) in [4.78, 5) is 26.7. The van der Waals surface area contributed by atoms with Gasteiger partial charge in [-0.2, -0.15) is 0 Å². The molecule has 1 fully saturated rings. The van der Waals surface area contributed by atoms with Gasteiger partial charge in [-0.1, -0.05) is 13.8 Å². The lowest BCUT2D eigenvalue weighted by Crippen LogP contribution is -2.33. The van der Waals surface area contributed by atoms with Crippen LogP contribution in [0.1, 0.15) is 68.5 Å². The Hall–Kier alpha value is -2.50. The summed E-state index contributed by atoms with van der Waals surface area (Å²) in [5.41, 5.74) is 1.07. The Bertz CT molecular complexity index is 804. The molecule has 1 aliphatic carbocycles. The van der Waals surface area contributed by atoms with Crippen LogP contribution in [0, 0.1) is 5.92 Å². The summed E-state index contributed by atoms with van der Waals surface area (Å²) in [6.45, 7) is 8.03. The molecule has 2 heterocycles. The van der Waals surface area contributed by atoms with Crippen LogP contribution in [-0.2, 0) is 17.9 Å². The second kappa shape index (κ2) is 9.13. The van der Waals surface area contributed by atoms with Crippen LogP contribution in [0.2, 0.25) is 0 Å². The summed E-state index contributed by atoms with van der Waals surface area (Å²) in [6.07, 6.45) is 5.86. The normalized spacial score (nSPS) is 14.7. The Morgan fingerprint density at radius 1 is 1.29 bits per heavy atom. The number of carbonyl (C=O) groups is 2. The fourth-order valence-electron chi connectivity index (χ4n) is 3.22. The number of nitrogens with one attached hydrogen (secondary N) is 1. The molecule has 0 spiro atoms. The van der Waals surface area contributed by atoms with Crippen LogP contribution >= 0.6 is 0 Å². The quantitative estimate of drug-likeness (QED) is 0.676. The van der Waals surface area contributed by atoms with E-state index in [4.69, 9.17) is 4.42 Å². The molecule has 1 aliphatic rings. The molecule has 2 aromatic heterocycles. The lowest BCUT2D eigenvalue weighted by atomic mass is 10.2. The predicted molar refractivity (Wildman–Crippen MR) is 108 cm³/mol. The van der Waals surface area contributed by atoms with E-state index < -0.39 is 0 Å². The molecule has 0 bridgehead atoms. The van der Waals surface area contributed by atoms with Gasteiger partial charge in [0.15, 0.2) is 5.76 Å². The standard InChI is InChI=1S/C22H31N3O3/c1-4-12-25(22(27)17-8-9-17)14-18-7-6-13-24(18)15-19-10-11-20(28-19)21(26)23-16(3)5-2/h6-7,10-11,13,16-17H,4-5,8-9,12,14-15H2,1-3H3,(H,23,26). The average Bonchev–Trinajstić information content (AvgIpc) is 3.28. The van der Waals surface area contributed by atoms with Gasteiger partial charge in [0.2, 0.25) is 5.91 Å². The van der Waals surface area contributed by atoms with Gasteiger partial charge < -0.3 is 19.2 Å². The van der Waals surface area contributed by atoms with E-state index in [0.717, 1.165) is 43.7 Å². The summed E-state index contributed by atoms with van der Waals surface area (Å²) >= 11 is 0. The van der Waals surface area contributed by atoms with Crippen LogP contribution in [-0.4, -0.2) is 33.9 Å². The zero-order valence-electron chi connectivity index (χ0n) is 17.1. The predicted octanol–water partition coefficient (Wildman–Crippen LogP) is 3.81. The van der Waals surface area contributed by atoms with Gasteiger partial charge in [0.25, 0.3) is 5.91 Å². The highest BCUT2D eigenvalue weighted by Gasteiger charge is 2.33. The Morgan fingerprint density at radius 2 is 2.07 bits per heavy atom. The van der Waals surface area contributed by atoms with Crippen molar-refractivity contribution < 1.29 is 14.0 Å². The molecule has 1 N–H and O–H groups in total. The van der Waals surface area contributed by atoms with Crippen molar-refractivity contribution in [3.8, 4) is 0 Å². The smallest absolute Gasteiger partial charge is 0.287 e. The SMILES string of the molecule is CCCN(Cc1cccn1Cc1ccc(C(=O)NC(C)CC)o1)C(=O)C1CC1. The Kier molecular flexibility index (Phi) is 6.60. The zero-order chi connectivity index (χ0) is 20.1. The van der Waals surface area contributed by atoms with E-state index in [-0.39, 0.29) is 23.8 Å². The number of aromatic nitrogens is 1. The topological polar surface area (TPSA) is 67.5 Å². The van der Waals surface area contributed by atoms with E-state index in [1.807, 2.05) is 43.1 Å². The van der Waals surface area contributed by atoms with Gasteiger partial charge >= 0.3 is 0 Å². The molecule has 3 rings (SSSR count). The van der Waals surface area contributed by atoms with Gasteiger partial charge in [-0.25, -0.2) is 0 Å². The van der Waals surface area contributed by atoms with Gasteiger partial charge in [0, 0.05) is 30.4 Å². The minimum Gasteiger partial charge on any atom is -0.454 e. The molecule has 0 radical (unpaired) electrons. The number of nitrogens with zero attached hydrogens (tertiary/aromatic N) is 2. The number of hydrogen-bond donors (Lipinski definition) is 1. The minimum absolute atomic E-state index is 0.116. The van der Waals surface area contributed by atoms with Gasteiger partial charge in [0.1, 0.15) is 5.76 Å². The molecule has 28 heavy (non-hydrogen) atoms.